The van der Waals surface area contributed by atoms with Gasteiger partial charge in [0.05, 0.1) is 13.7 Å². The summed E-state index contributed by atoms with van der Waals surface area (Å²) in [7, 11) is 3.46. The first-order valence-corrected chi connectivity index (χ1v) is 6.37. The van der Waals surface area contributed by atoms with Crippen LogP contribution in [-0.4, -0.2) is 30.7 Å². The lowest BCUT2D eigenvalue weighted by atomic mass is 10.3. The highest BCUT2D eigenvalue weighted by atomic mass is 16.5. The van der Waals surface area contributed by atoms with Crippen molar-refractivity contribution >= 4 is 5.91 Å². The van der Waals surface area contributed by atoms with E-state index in [1.54, 1.807) is 17.7 Å². The van der Waals surface area contributed by atoms with Crippen LogP contribution in [0.1, 0.15) is 10.5 Å². The molecule has 2 rings (SSSR count). The number of carbonyl (C=O) groups is 1. The molecule has 0 spiro atoms. The minimum absolute atomic E-state index is 0.101. The number of amides is 1. The van der Waals surface area contributed by atoms with E-state index in [-0.39, 0.29) is 5.91 Å². The SMILES string of the molecule is COc1ccc(OCCNC(=O)c2cccn2C)cc1. The maximum Gasteiger partial charge on any atom is 0.268 e. The molecule has 1 amide bonds. The van der Waals surface area contributed by atoms with E-state index >= 15 is 0 Å². The number of nitrogens with one attached hydrogen (secondary N) is 1. The number of aromatic nitrogens is 1. The number of hydrogen-bond acceptors (Lipinski definition) is 3. The van der Waals surface area contributed by atoms with Gasteiger partial charge in [0.25, 0.3) is 5.91 Å². The van der Waals surface area contributed by atoms with Crippen molar-refractivity contribution in [2.24, 2.45) is 7.05 Å². The molecule has 0 aliphatic carbocycles. The first-order valence-electron chi connectivity index (χ1n) is 6.37. The lowest BCUT2D eigenvalue weighted by Crippen LogP contribution is -2.29. The van der Waals surface area contributed by atoms with Gasteiger partial charge < -0.3 is 19.4 Å². The second kappa shape index (κ2) is 6.65. The first-order chi connectivity index (χ1) is 9.70. The third-order valence-corrected chi connectivity index (χ3v) is 2.89. The van der Waals surface area contributed by atoms with Gasteiger partial charge in [0, 0.05) is 13.2 Å². The van der Waals surface area contributed by atoms with Crippen LogP contribution in [0.25, 0.3) is 0 Å². The Hall–Kier alpha value is -2.43. The summed E-state index contributed by atoms with van der Waals surface area (Å²) in [5.41, 5.74) is 0.634. The normalized spacial score (nSPS) is 10.1. The van der Waals surface area contributed by atoms with Crippen molar-refractivity contribution in [2.45, 2.75) is 0 Å². The third-order valence-electron chi connectivity index (χ3n) is 2.89. The van der Waals surface area contributed by atoms with E-state index in [9.17, 15) is 4.79 Å². The second-order valence-electron chi connectivity index (χ2n) is 4.28. The quantitative estimate of drug-likeness (QED) is 0.818. The Kier molecular flexibility index (Phi) is 4.65. The Bertz CT molecular complexity index is 561. The standard InChI is InChI=1S/C15H18N2O3/c1-17-10-3-4-14(17)15(18)16-9-11-20-13-7-5-12(19-2)6-8-13/h3-8,10H,9,11H2,1-2H3,(H,16,18). The zero-order chi connectivity index (χ0) is 14.4. The average molecular weight is 274 g/mol. The molecule has 0 saturated carbocycles. The van der Waals surface area contributed by atoms with Crippen LogP contribution in [0.4, 0.5) is 0 Å². The maximum atomic E-state index is 11.8. The van der Waals surface area contributed by atoms with Crippen LogP contribution in [0, 0.1) is 0 Å². The van der Waals surface area contributed by atoms with Gasteiger partial charge in [0.15, 0.2) is 0 Å². The van der Waals surface area contributed by atoms with E-state index in [2.05, 4.69) is 5.32 Å². The lowest BCUT2D eigenvalue weighted by molar-refractivity contribution is 0.0939. The van der Waals surface area contributed by atoms with E-state index in [1.807, 2.05) is 43.6 Å². The molecule has 0 aliphatic heterocycles. The molecule has 0 aliphatic rings. The van der Waals surface area contributed by atoms with Crippen LogP contribution >= 0.6 is 0 Å². The van der Waals surface area contributed by atoms with Gasteiger partial charge in [-0.25, -0.2) is 0 Å². The number of ether oxygens (including phenoxy) is 2. The summed E-state index contributed by atoms with van der Waals surface area (Å²) in [5, 5.41) is 2.81. The highest BCUT2D eigenvalue weighted by Gasteiger charge is 2.07. The van der Waals surface area contributed by atoms with Crippen LogP contribution in [0.15, 0.2) is 42.6 Å². The predicted molar refractivity (Wildman–Crippen MR) is 76.2 cm³/mol. The molecule has 0 fully saturated rings. The summed E-state index contributed by atoms with van der Waals surface area (Å²) in [4.78, 5) is 11.8. The number of methoxy groups -OCH3 is 1. The molecule has 20 heavy (non-hydrogen) atoms. The van der Waals surface area contributed by atoms with Crippen molar-refractivity contribution in [3.05, 3.63) is 48.3 Å². The van der Waals surface area contributed by atoms with Crippen molar-refractivity contribution < 1.29 is 14.3 Å². The minimum atomic E-state index is -0.101. The molecule has 1 aromatic carbocycles. The Morgan fingerprint density at radius 1 is 1.20 bits per heavy atom. The molecular formula is C15H18N2O3. The van der Waals surface area contributed by atoms with Crippen molar-refractivity contribution in [1.29, 1.82) is 0 Å². The molecule has 0 radical (unpaired) electrons. The number of benzene rings is 1. The topological polar surface area (TPSA) is 52.5 Å². The fourth-order valence-electron chi connectivity index (χ4n) is 1.79. The van der Waals surface area contributed by atoms with Crippen LogP contribution in [0.3, 0.4) is 0 Å². The van der Waals surface area contributed by atoms with E-state index in [0.29, 0.717) is 18.8 Å². The maximum absolute atomic E-state index is 11.8. The van der Waals surface area contributed by atoms with Crippen LogP contribution in [-0.2, 0) is 7.05 Å². The predicted octanol–water partition coefficient (Wildman–Crippen LogP) is 1.84. The third kappa shape index (κ3) is 3.54. The molecule has 1 heterocycles. The summed E-state index contributed by atoms with van der Waals surface area (Å²) in [5.74, 6) is 1.43. The van der Waals surface area contributed by atoms with E-state index in [4.69, 9.17) is 9.47 Å². The fourth-order valence-corrected chi connectivity index (χ4v) is 1.79. The molecule has 2 aromatic rings. The van der Waals surface area contributed by atoms with Gasteiger partial charge in [-0.1, -0.05) is 0 Å². The number of hydrogen-bond donors (Lipinski definition) is 1. The molecule has 0 bridgehead atoms. The van der Waals surface area contributed by atoms with E-state index < -0.39 is 0 Å². The molecule has 5 heteroatoms. The Labute approximate surface area is 118 Å². The minimum Gasteiger partial charge on any atom is -0.497 e. The Balaban J connectivity index is 1.73. The van der Waals surface area contributed by atoms with E-state index in [0.717, 1.165) is 11.5 Å². The van der Waals surface area contributed by atoms with Crippen molar-refractivity contribution in [3.8, 4) is 11.5 Å². The number of aryl methyl sites for hydroxylation is 1. The largest absolute Gasteiger partial charge is 0.497 e. The molecule has 0 saturated heterocycles. The van der Waals surface area contributed by atoms with Gasteiger partial charge in [-0.15, -0.1) is 0 Å². The summed E-state index contributed by atoms with van der Waals surface area (Å²) in [6, 6.07) is 10.9. The van der Waals surface area contributed by atoms with Crippen molar-refractivity contribution in [2.75, 3.05) is 20.3 Å². The first kappa shape index (κ1) is 14.0. The lowest BCUT2D eigenvalue weighted by Gasteiger charge is -2.08. The highest BCUT2D eigenvalue weighted by molar-refractivity contribution is 5.92. The van der Waals surface area contributed by atoms with Crippen LogP contribution in [0.2, 0.25) is 0 Å². The van der Waals surface area contributed by atoms with Gasteiger partial charge in [0.2, 0.25) is 0 Å². The monoisotopic (exact) mass is 274 g/mol. The molecule has 1 N–H and O–H groups in total. The van der Waals surface area contributed by atoms with Gasteiger partial charge in [-0.05, 0) is 36.4 Å². The van der Waals surface area contributed by atoms with E-state index in [1.165, 1.54) is 0 Å². The Morgan fingerprint density at radius 2 is 1.90 bits per heavy atom. The number of rotatable bonds is 6. The Morgan fingerprint density at radius 3 is 2.50 bits per heavy atom. The van der Waals surface area contributed by atoms with Gasteiger partial charge in [0.1, 0.15) is 23.8 Å². The summed E-state index contributed by atoms with van der Waals surface area (Å²) in [6.07, 6.45) is 1.84. The molecule has 1 aromatic heterocycles. The van der Waals surface area contributed by atoms with Crippen LogP contribution < -0.4 is 14.8 Å². The summed E-state index contributed by atoms with van der Waals surface area (Å²) in [6.45, 7) is 0.874. The second-order valence-corrected chi connectivity index (χ2v) is 4.28. The smallest absolute Gasteiger partial charge is 0.268 e. The van der Waals surface area contributed by atoms with Gasteiger partial charge in [-0.2, -0.15) is 0 Å². The summed E-state index contributed by atoms with van der Waals surface area (Å²) < 4.78 is 12.4. The molecule has 5 nitrogen and oxygen atoms in total. The number of carbonyl (C=O) groups excluding carboxylic acids is 1. The fraction of sp³-hybridized carbons (Fsp3) is 0.267. The van der Waals surface area contributed by atoms with Crippen molar-refractivity contribution in [3.63, 3.8) is 0 Å². The average Bonchev–Trinajstić information content (AvgIpc) is 2.90. The van der Waals surface area contributed by atoms with Crippen molar-refractivity contribution in [1.82, 2.24) is 9.88 Å². The van der Waals surface area contributed by atoms with Gasteiger partial charge >= 0.3 is 0 Å². The molecule has 106 valence electrons. The highest BCUT2D eigenvalue weighted by Crippen LogP contribution is 2.16. The molecule has 0 unspecified atom stereocenters. The summed E-state index contributed by atoms with van der Waals surface area (Å²) >= 11 is 0. The zero-order valence-corrected chi connectivity index (χ0v) is 11.6. The zero-order valence-electron chi connectivity index (χ0n) is 11.6. The molecule has 0 atom stereocenters. The molecular weight excluding hydrogens is 256 g/mol. The number of nitrogens with zero attached hydrogens (tertiary/aromatic N) is 1. The van der Waals surface area contributed by atoms with Gasteiger partial charge in [-0.3, -0.25) is 4.79 Å². The van der Waals surface area contributed by atoms with Crippen LogP contribution in [0.5, 0.6) is 11.5 Å².